The molecule has 0 unspecified atom stereocenters. The fourth-order valence-corrected chi connectivity index (χ4v) is 4.25. The molecule has 4 aliphatic carbocycles. The van der Waals surface area contributed by atoms with E-state index in [4.69, 9.17) is 5.21 Å². The molecule has 0 heterocycles. The van der Waals surface area contributed by atoms with E-state index in [-0.39, 0.29) is 37.5 Å². The van der Waals surface area contributed by atoms with Gasteiger partial charge in [-0.3, -0.25) is 20.2 Å². The Morgan fingerprint density at radius 2 is 1.41 bits per heavy atom. The van der Waals surface area contributed by atoms with Crippen molar-refractivity contribution >= 4 is 5.71 Å². The second-order valence-corrected chi connectivity index (χ2v) is 5.31. The summed E-state index contributed by atoms with van der Waals surface area (Å²) in [6, 6.07) is 0. The van der Waals surface area contributed by atoms with Crippen LogP contribution in [0.2, 0.25) is 0 Å². The Bertz CT molecular complexity index is 410. The summed E-state index contributed by atoms with van der Waals surface area (Å²) < 4.78 is 0. The molecule has 1 N–H and O–H groups in total. The smallest absolute Gasteiger partial charge is 0.291 e. The SMILES string of the molecule is O=[N+]([O-])C12CC3CC1([N+](=O)[O-])CC(C2)C3=NO. The summed E-state index contributed by atoms with van der Waals surface area (Å²) in [6.45, 7) is 0. The minimum atomic E-state index is -1.44. The summed E-state index contributed by atoms with van der Waals surface area (Å²) in [4.78, 5) is 21.6. The first kappa shape index (κ1) is 10.4. The highest BCUT2D eigenvalue weighted by Gasteiger charge is 2.84. The van der Waals surface area contributed by atoms with Crippen LogP contribution in [-0.2, 0) is 0 Å². The molecule has 0 aromatic heterocycles. The lowest BCUT2D eigenvalue weighted by Gasteiger charge is -2.25. The van der Waals surface area contributed by atoms with Crippen LogP contribution in [0.3, 0.4) is 0 Å². The first-order chi connectivity index (χ1) is 7.97. The Morgan fingerprint density at radius 3 is 1.65 bits per heavy atom. The van der Waals surface area contributed by atoms with Gasteiger partial charge in [0.2, 0.25) is 0 Å². The van der Waals surface area contributed by atoms with Crippen molar-refractivity contribution in [3.05, 3.63) is 20.2 Å². The molecule has 4 fully saturated rings. The Labute approximate surface area is 95.6 Å². The molecule has 17 heavy (non-hydrogen) atoms. The fourth-order valence-electron chi connectivity index (χ4n) is 4.25. The molecule has 4 rings (SSSR count). The molecule has 0 amide bonds. The van der Waals surface area contributed by atoms with Crippen LogP contribution in [0.15, 0.2) is 5.16 Å². The van der Waals surface area contributed by atoms with E-state index < -0.39 is 20.9 Å². The molecular weight excluding hydrogens is 230 g/mol. The highest BCUT2D eigenvalue weighted by Crippen LogP contribution is 2.63. The third-order valence-electron chi connectivity index (χ3n) is 4.85. The van der Waals surface area contributed by atoms with Crippen LogP contribution in [0.25, 0.3) is 0 Å². The van der Waals surface area contributed by atoms with Crippen molar-refractivity contribution in [3.63, 3.8) is 0 Å². The summed E-state index contributed by atoms with van der Waals surface area (Å²) in [6.07, 6.45) is 0.543. The molecule has 0 aromatic carbocycles. The third kappa shape index (κ3) is 0.885. The van der Waals surface area contributed by atoms with Crippen LogP contribution in [0.1, 0.15) is 25.7 Å². The average molecular weight is 241 g/mol. The van der Waals surface area contributed by atoms with Gasteiger partial charge in [-0.25, -0.2) is 0 Å². The van der Waals surface area contributed by atoms with Crippen molar-refractivity contribution in [1.29, 1.82) is 0 Å². The van der Waals surface area contributed by atoms with E-state index in [9.17, 15) is 20.2 Å². The molecule has 0 atom stereocenters. The molecule has 0 aliphatic heterocycles. The average Bonchev–Trinajstić information content (AvgIpc) is 2.65. The van der Waals surface area contributed by atoms with Gasteiger partial charge in [0.25, 0.3) is 11.1 Å². The number of oxime groups is 1. The highest BCUT2D eigenvalue weighted by molar-refractivity contribution is 5.92. The van der Waals surface area contributed by atoms with Gasteiger partial charge < -0.3 is 5.21 Å². The molecule has 8 nitrogen and oxygen atoms in total. The molecule has 4 bridgehead atoms. The molecule has 4 saturated carbocycles. The maximum Gasteiger partial charge on any atom is 0.291 e. The summed E-state index contributed by atoms with van der Waals surface area (Å²) in [5, 5.41) is 34.6. The van der Waals surface area contributed by atoms with E-state index in [1.807, 2.05) is 0 Å². The van der Waals surface area contributed by atoms with Gasteiger partial charge in [0.15, 0.2) is 0 Å². The zero-order valence-corrected chi connectivity index (χ0v) is 8.90. The first-order valence-corrected chi connectivity index (χ1v) is 5.48. The number of nitrogens with zero attached hydrogens (tertiary/aromatic N) is 3. The van der Waals surface area contributed by atoms with Crippen molar-refractivity contribution < 1.29 is 15.1 Å². The Balaban J connectivity index is 2.15. The van der Waals surface area contributed by atoms with Crippen molar-refractivity contribution in [2.75, 3.05) is 0 Å². The van der Waals surface area contributed by atoms with Crippen molar-refractivity contribution in [3.8, 4) is 0 Å². The van der Waals surface area contributed by atoms with E-state index >= 15 is 0 Å². The van der Waals surface area contributed by atoms with Gasteiger partial charge in [-0.2, -0.15) is 0 Å². The minimum Gasteiger partial charge on any atom is -0.411 e. The lowest BCUT2D eigenvalue weighted by atomic mass is 9.78. The molecule has 0 saturated heterocycles. The predicted octanol–water partition coefficient (Wildman–Crippen LogP) is 0.681. The van der Waals surface area contributed by atoms with Crippen LogP contribution in [0.5, 0.6) is 0 Å². The van der Waals surface area contributed by atoms with Crippen molar-refractivity contribution in [2.24, 2.45) is 17.0 Å². The molecular formula is C9H11N3O5. The van der Waals surface area contributed by atoms with E-state index in [0.717, 1.165) is 0 Å². The van der Waals surface area contributed by atoms with Crippen LogP contribution < -0.4 is 0 Å². The van der Waals surface area contributed by atoms with Crippen molar-refractivity contribution in [1.82, 2.24) is 0 Å². The highest BCUT2D eigenvalue weighted by atomic mass is 16.7. The number of hydrogen-bond donors (Lipinski definition) is 1. The zero-order valence-electron chi connectivity index (χ0n) is 8.90. The molecule has 92 valence electrons. The molecule has 0 spiro atoms. The maximum atomic E-state index is 11.3. The van der Waals surface area contributed by atoms with Crippen LogP contribution in [-0.4, -0.2) is 31.8 Å². The second-order valence-electron chi connectivity index (χ2n) is 5.31. The lowest BCUT2D eigenvalue weighted by molar-refractivity contribution is -0.673. The maximum absolute atomic E-state index is 11.3. The van der Waals surface area contributed by atoms with Crippen LogP contribution in [0, 0.1) is 32.1 Å². The van der Waals surface area contributed by atoms with E-state index in [1.165, 1.54) is 0 Å². The van der Waals surface area contributed by atoms with Gasteiger partial charge in [0.1, 0.15) is 0 Å². The van der Waals surface area contributed by atoms with Crippen LogP contribution in [0.4, 0.5) is 0 Å². The van der Waals surface area contributed by atoms with Gasteiger partial charge in [-0.1, -0.05) is 5.16 Å². The van der Waals surface area contributed by atoms with E-state index in [1.54, 1.807) is 0 Å². The summed E-state index contributed by atoms with van der Waals surface area (Å²) in [7, 11) is 0. The topological polar surface area (TPSA) is 119 Å². The first-order valence-electron chi connectivity index (χ1n) is 5.48. The molecule has 4 aliphatic rings. The summed E-state index contributed by atoms with van der Waals surface area (Å²) >= 11 is 0. The molecule has 0 aromatic rings. The zero-order chi connectivity index (χ0) is 12.4. The Morgan fingerprint density at radius 1 is 1.06 bits per heavy atom. The summed E-state index contributed by atoms with van der Waals surface area (Å²) in [5.74, 6) is -0.605. The molecule has 0 radical (unpaired) electrons. The van der Waals surface area contributed by atoms with Gasteiger partial charge >= 0.3 is 0 Å². The normalized spacial score (nSPS) is 46.2. The second kappa shape index (κ2) is 2.74. The van der Waals surface area contributed by atoms with E-state index in [2.05, 4.69) is 5.16 Å². The monoisotopic (exact) mass is 241 g/mol. The molecule has 8 heteroatoms. The number of nitro groups is 2. The van der Waals surface area contributed by atoms with Gasteiger partial charge in [0.05, 0.1) is 5.71 Å². The number of rotatable bonds is 2. The van der Waals surface area contributed by atoms with Crippen LogP contribution >= 0.6 is 0 Å². The lowest BCUT2D eigenvalue weighted by Crippen LogP contribution is -2.55. The van der Waals surface area contributed by atoms with Gasteiger partial charge in [-0.15, -0.1) is 0 Å². The standard InChI is InChI=1S/C9H11N3O5/c13-10-7-5-1-8(11(14)15)3-6(7)4-9(8,2-5)12(16)17/h5-6,13H,1-4H2. The Hall–Kier alpha value is -1.73. The largest absolute Gasteiger partial charge is 0.411 e. The predicted molar refractivity (Wildman–Crippen MR) is 54.1 cm³/mol. The third-order valence-corrected chi connectivity index (χ3v) is 4.85. The van der Waals surface area contributed by atoms with Gasteiger partial charge in [0, 0.05) is 47.4 Å². The summed E-state index contributed by atoms with van der Waals surface area (Å²) in [5.41, 5.74) is -2.36. The van der Waals surface area contributed by atoms with Gasteiger partial charge in [-0.05, 0) is 0 Å². The van der Waals surface area contributed by atoms with Crippen molar-refractivity contribution in [2.45, 2.75) is 36.8 Å². The number of hydrogen-bond acceptors (Lipinski definition) is 6. The van der Waals surface area contributed by atoms with E-state index in [0.29, 0.717) is 5.71 Å². The fraction of sp³-hybridized carbons (Fsp3) is 0.889. The Kier molecular flexibility index (Phi) is 1.68. The minimum absolute atomic E-state index is 0.136. The quantitative estimate of drug-likeness (QED) is 0.433.